The van der Waals surface area contributed by atoms with Crippen LogP contribution in [0.1, 0.15) is 58.3 Å². The Morgan fingerprint density at radius 2 is 1.81 bits per heavy atom. The molecule has 0 heterocycles. The van der Waals surface area contributed by atoms with E-state index < -0.39 is 0 Å². The second kappa shape index (κ2) is 8.57. The van der Waals surface area contributed by atoms with E-state index in [9.17, 15) is 4.79 Å². The molecule has 1 saturated carbocycles. The summed E-state index contributed by atoms with van der Waals surface area (Å²) < 4.78 is 0. The smallest absolute Gasteiger partial charge is 0.220 e. The van der Waals surface area contributed by atoms with Crippen LogP contribution in [0.4, 0.5) is 0 Å². The van der Waals surface area contributed by atoms with Crippen LogP contribution < -0.4 is 10.6 Å². The zero-order chi connectivity index (χ0) is 11.6. The Kier molecular flexibility index (Phi) is 7.23. The molecule has 0 spiro atoms. The third kappa shape index (κ3) is 6.11. The minimum absolute atomic E-state index is 0.185. The van der Waals surface area contributed by atoms with Crippen molar-refractivity contribution < 1.29 is 4.79 Å². The summed E-state index contributed by atoms with van der Waals surface area (Å²) in [6.07, 6.45) is 9.72. The van der Waals surface area contributed by atoms with Crippen LogP contribution >= 0.6 is 0 Å². The summed E-state index contributed by atoms with van der Waals surface area (Å²) >= 11 is 0. The second-order valence-corrected chi connectivity index (χ2v) is 4.74. The summed E-state index contributed by atoms with van der Waals surface area (Å²) in [4.78, 5) is 11.2. The molecule has 3 heteroatoms. The molecule has 0 radical (unpaired) electrons. The molecule has 0 atom stereocenters. The van der Waals surface area contributed by atoms with Gasteiger partial charge >= 0.3 is 0 Å². The molecule has 1 aliphatic carbocycles. The molecule has 0 saturated heterocycles. The van der Waals surface area contributed by atoms with E-state index in [0.717, 1.165) is 19.5 Å². The number of hydrogen-bond donors (Lipinski definition) is 2. The topological polar surface area (TPSA) is 41.1 Å². The molecule has 2 N–H and O–H groups in total. The highest BCUT2D eigenvalue weighted by Crippen LogP contribution is 2.16. The zero-order valence-electron chi connectivity index (χ0n) is 10.6. The van der Waals surface area contributed by atoms with Gasteiger partial charge in [0.25, 0.3) is 0 Å². The molecule has 1 aliphatic rings. The van der Waals surface area contributed by atoms with Crippen LogP contribution in [0.15, 0.2) is 0 Å². The van der Waals surface area contributed by atoms with Crippen molar-refractivity contribution in [3.63, 3.8) is 0 Å². The van der Waals surface area contributed by atoms with E-state index in [0.29, 0.717) is 12.5 Å². The Balaban J connectivity index is 1.99. The molecule has 0 aliphatic heterocycles. The molecule has 0 unspecified atom stereocenters. The summed E-state index contributed by atoms with van der Waals surface area (Å²) in [7, 11) is 0. The zero-order valence-corrected chi connectivity index (χ0v) is 10.6. The van der Waals surface area contributed by atoms with Gasteiger partial charge in [0.1, 0.15) is 0 Å². The van der Waals surface area contributed by atoms with Gasteiger partial charge in [-0.2, -0.15) is 0 Å². The first-order valence-corrected chi connectivity index (χ1v) is 6.83. The molecule has 0 aromatic carbocycles. The Bertz CT molecular complexity index is 186. The van der Waals surface area contributed by atoms with Crippen LogP contribution in [0.3, 0.4) is 0 Å². The van der Waals surface area contributed by atoms with Crippen molar-refractivity contribution in [2.75, 3.05) is 13.1 Å². The van der Waals surface area contributed by atoms with Crippen LogP contribution in [0.2, 0.25) is 0 Å². The average molecular weight is 226 g/mol. The van der Waals surface area contributed by atoms with Gasteiger partial charge in [0, 0.05) is 25.6 Å². The lowest BCUT2D eigenvalue weighted by atomic mass is 10.1. The van der Waals surface area contributed by atoms with Gasteiger partial charge in [-0.15, -0.1) is 0 Å². The molecule has 16 heavy (non-hydrogen) atoms. The molecule has 94 valence electrons. The molecule has 1 rings (SSSR count). The van der Waals surface area contributed by atoms with E-state index in [4.69, 9.17) is 0 Å². The maximum absolute atomic E-state index is 11.2. The molecule has 1 fully saturated rings. The molecule has 0 aromatic rings. The maximum atomic E-state index is 11.2. The van der Waals surface area contributed by atoms with Crippen molar-refractivity contribution in [1.29, 1.82) is 0 Å². The summed E-state index contributed by atoms with van der Waals surface area (Å²) in [5, 5.41) is 6.48. The van der Waals surface area contributed by atoms with Crippen molar-refractivity contribution >= 4 is 5.91 Å². The third-order valence-electron chi connectivity index (χ3n) is 3.21. The van der Waals surface area contributed by atoms with Crippen LogP contribution in [0, 0.1) is 0 Å². The number of carbonyl (C=O) groups excluding carboxylic acids is 1. The molecule has 0 bridgehead atoms. The highest BCUT2D eigenvalue weighted by Gasteiger charge is 2.10. The fourth-order valence-electron chi connectivity index (χ4n) is 2.28. The van der Waals surface area contributed by atoms with Crippen molar-refractivity contribution in [2.45, 2.75) is 64.3 Å². The van der Waals surface area contributed by atoms with Gasteiger partial charge in [0.2, 0.25) is 5.91 Å². The first kappa shape index (κ1) is 13.5. The van der Waals surface area contributed by atoms with Gasteiger partial charge in [0.05, 0.1) is 0 Å². The van der Waals surface area contributed by atoms with Crippen LogP contribution in [-0.2, 0) is 4.79 Å². The molecule has 1 amide bonds. The normalized spacial score (nSPS) is 18.1. The second-order valence-electron chi connectivity index (χ2n) is 4.74. The first-order valence-electron chi connectivity index (χ1n) is 6.83. The lowest BCUT2D eigenvalue weighted by Crippen LogP contribution is -2.36. The van der Waals surface area contributed by atoms with Crippen molar-refractivity contribution in [3.8, 4) is 0 Å². The summed E-state index contributed by atoms with van der Waals surface area (Å²) in [5.74, 6) is 0.185. The predicted molar refractivity (Wildman–Crippen MR) is 67.4 cm³/mol. The van der Waals surface area contributed by atoms with Gasteiger partial charge in [-0.05, 0) is 19.3 Å². The molecule has 3 nitrogen and oxygen atoms in total. The van der Waals surface area contributed by atoms with E-state index in [-0.39, 0.29) is 5.91 Å². The van der Waals surface area contributed by atoms with Gasteiger partial charge in [-0.3, -0.25) is 4.79 Å². The number of hydrogen-bond acceptors (Lipinski definition) is 2. The van der Waals surface area contributed by atoms with Gasteiger partial charge in [0.15, 0.2) is 0 Å². The Morgan fingerprint density at radius 3 is 2.44 bits per heavy atom. The number of amides is 1. The lowest BCUT2D eigenvalue weighted by Gasteiger charge is -2.16. The standard InChI is InChI=1S/C13H26N2O/c1-2-7-13(16)15-11-10-14-12-8-5-3-4-6-9-12/h12,14H,2-11H2,1H3,(H,15,16). The van der Waals surface area contributed by atoms with Crippen LogP contribution in [-0.4, -0.2) is 25.0 Å². The SMILES string of the molecule is CCCC(=O)NCCNC1CCCCCC1. The maximum Gasteiger partial charge on any atom is 0.220 e. The largest absolute Gasteiger partial charge is 0.355 e. The Hall–Kier alpha value is -0.570. The van der Waals surface area contributed by atoms with Gasteiger partial charge in [-0.1, -0.05) is 32.6 Å². The highest BCUT2D eigenvalue weighted by atomic mass is 16.1. The van der Waals surface area contributed by atoms with E-state index in [1.807, 2.05) is 6.92 Å². The lowest BCUT2D eigenvalue weighted by molar-refractivity contribution is -0.121. The predicted octanol–water partition coefficient (Wildman–Crippen LogP) is 2.22. The quantitative estimate of drug-likeness (QED) is 0.538. The monoisotopic (exact) mass is 226 g/mol. The van der Waals surface area contributed by atoms with Crippen LogP contribution in [0.25, 0.3) is 0 Å². The van der Waals surface area contributed by atoms with Crippen LogP contribution in [0.5, 0.6) is 0 Å². The first-order chi connectivity index (χ1) is 7.83. The fraction of sp³-hybridized carbons (Fsp3) is 0.923. The minimum atomic E-state index is 0.185. The van der Waals surface area contributed by atoms with E-state index in [2.05, 4.69) is 10.6 Å². The molecular formula is C13H26N2O. The minimum Gasteiger partial charge on any atom is -0.355 e. The number of rotatable bonds is 6. The average Bonchev–Trinajstić information content (AvgIpc) is 2.53. The summed E-state index contributed by atoms with van der Waals surface area (Å²) in [6, 6.07) is 0.686. The van der Waals surface area contributed by atoms with Crippen molar-refractivity contribution in [3.05, 3.63) is 0 Å². The Morgan fingerprint density at radius 1 is 1.12 bits per heavy atom. The van der Waals surface area contributed by atoms with Crippen molar-refractivity contribution in [1.82, 2.24) is 10.6 Å². The van der Waals surface area contributed by atoms with Gasteiger partial charge < -0.3 is 10.6 Å². The van der Waals surface area contributed by atoms with E-state index in [1.54, 1.807) is 0 Å². The summed E-state index contributed by atoms with van der Waals surface area (Å²) in [5.41, 5.74) is 0. The summed E-state index contributed by atoms with van der Waals surface area (Å²) in [6.45, 7) is 3.72. The third-order valence-corrected chi connectivity index (χ3v) is 3.21. The van der Waals surface area contributed by atoms with E-state index in [1.165, 1.54) is 38.5 Å². The molecular weight excluding hydrogens is 200 g/mol. The molecule has 0 aromatic heterocycles. The number of carbonyl (C=O) groups is 1. The number of nitrogens with one attached hydrogen (secondary N) is 2. The fourth-order valence-corrected chi connectivity index (χ4v) is 2.28. The van der Waals surface area contributed by atoms with Gasteiger partial charge in [-0.25, -0.2) is 0 Å². The Labute approximate surface area is 99.4 Å². The highest BCUT2D eigenvalue weighted by molar-refractivity contribution is 5.75. The van der Waals surface area contributed by atoms with Crippen molar-refractivity contribution in [2.24, 2.45) is 0 Å². The van der Waals surface area contributed by atoms with E-state index >= 15 is 0 Å².